The maximum absolute atomic E-state index is 13.4. The standard InChI is InChI=1S/C29H42ClN5O4/c1-31-13-17-34(18-14-31)11-9-23-26(28(36)37)25(21-7-5-6-8-22(21)30)27(29(38)39-4)24(33(23)3)10-12-35-19-15-32(2)16-20-35/h5-8,25H,9-20H2,1-4H3,(H,36,37). The van der Waals surface area contributed by atoms with Crippen molar-refractivity contribution in [3.8, 4) is 0 Å². The number of halogens is 1. The molecule has 0 saturated carbocycles. The molecule has 3 aliphatic heterocycles. The summed E-state index contributed by atoms with van der Waals surface area (Å²) in [7, 11) is 7.50. The van der Waals surface area contributed by atoms with E-state index in [0.29, 0.717) is 29.0 Å². The zero-order valence-corrected chi connectivity index (χ0v) is 24.4. The monoisotopic (exact) mass is 559 g/mol. The lowest BCUT2D eigenvalue weighted by Crippen LogP contribution is -2.46. The summed E-state index contributed by atoms with van der Waals surface area (Å²) in [6.45, 7) is 9.32. The first-order valence-electron chi connectivity index (χ1n) is 13.8. The number of hydrogen-bond donors (Lipinski definition) is 1. The number of nitrogens with zero attached hydrogens (tertiary/aromatic N) is 5. The molecule has 214 valence electrons. The summed E-state index contributed by atoms with van der Waals surface area (Å²) in [6.07, 6.45) is 1.17. The molecule has 0 radical (unpaired) electrons. The Hall–Kier alpha value is -2.43. The van der Waals surface area contributed by atoms with Gasteiger partial charge in [-0.15, -0.1) is 0 Å². The van der Waals surface area contributed by atoms with Gasteiger partial charge in [-0.05, 0) is 25.7 Å². The van der Waals surface area contributed by atoms with Crippen LogP contribution in [0.5, 0.6) is 0 Å². The van der Waals surface area contributed by atoms with Gasteiger partial charge in [0.25, 0.3) is 0 Å². The summed E-state index contributed by atoms with van der Waals surface area (Å²) < 4.78 is 5.28. The number of carboxylic acids is 1. The molecule has 1 aromatic carbocycles. The molecule has 1 unspecified atom stereocenters. The molecule has 0 amide bonds. The fourth-order valence-electron chi connectivity index (χ4n) is 5.89. The highest BCUT2D eigenvalue weighted by molar-refractivity contribution is 6.31. The normalized spacial score (nSPS) is 22.5. The van der Waals surface area contributed by atoms with E-state index in [9.17, 15) is 14.7 Å². The second-order valence-electron chi connectivity index (χ2n) is 10.8. The Morgan fingerprint density at radius 2 is 1.33 bits per heavy atom. The summed E-state index contributed by atoms with van der Waals surface area (Å²) >= 11 is 6.67. The molecular formula is C29H42ClN5O4. The minimum Gasteiger partial charge on any atom is -0.478 e. The fourth-order valence-corrected chi connectivity index (χ4v) is 6.14. The van der Waals surface area contributed by atoms with E-state index in [-0.39, 0.29) is 5.57 Å². The Kier molecular flexibility index (Phi) is 10.1. The van der Waals surface area contributed by atoms with Gasteiger partial charge < -0.3 is 34.3 Å². The molecule has 10 heteroatoms. The van der Waals surface area contributed by atoms with Gasteiger partial charge >= 0.3 is 11.9 Å². The average Bonchev–Trinajstić information content (AvgIpc) is 2.92. The number of likely N-dealkylation sites (N-methyl/N-ethyl adjacent to an activating group) is 2. The summed E-state index contributed by atoms with van der Waals surface area (Å²) in [5.41, 5.74) is 2.71. The first kappa shape index (κ1) is 29.6. The van der Waals surface area contributed by atoms with Crippen LogP contribution in [0.15, 0.2) is 46.8 Å². The SMILES string of the molecule is COC(=O)C1=C(CCN2CCN(C)CC2)N(C)C(CCN2CCN(C)CC2)=C(C(=O)O)C1c1ccccc1Cl. The highest BCUT2D eigenvalue weighted by Gasteiger charge is 2.42. The van der Waals surface area contributed by atoms with Crippen molar-refractivity contribution in [1.29, 1.82) is 0 Å². The molecule has 1 N–H and O–H groups in total. The lowest BCUT2D eigenvalue weighted by molar-refractivity contribution is -0.136. The minimum absolute atomic E-state index is 0.198. The fraction of sp³-hybridized carbons (Fsp3) is 0.586. The van der Waals surface area contributed by atoms with Crippen LogP contribution in [0.25, 0.3) is 0 Å². The Balaban J connectivity index is 1.75. The van der Waals surface area contributed by atoms with Crippen LogP contribution in [0, 0.1) is 0 Å². The third kappa shape index (κ3) is 6.84. The molecule has 0 aliphatic carbocycles. The Labute approximate surface area is 237 Å². The van der Waals surface area contributed by atoms with E-state index in [0.717, 1.165) is 76.8 Å². The molecule has 0 spiro atoms. The highest BCUT2D eigenvalue weighted by Crippen LogP contribution is 2.45. The Morgan fingerprint density at radius 3 is 1.79 bits per heavy atom. The predicted octanol–water partition coefficient (Wildman–Crippen LogP) is 2.41. The first-order chi connectivity index (χ1) is 18.7. The summed E-state index contributed by atoms with van der Waals surface area (Å²) in [5.74, 6) is -2.37. The van der Waals surface area contributed by atoms with Gasteiger partial charge in [-0.25, -0.2) is 9.59 Å². The van der Waals surface area contributed by atoms with Gasteiger partial charge in [-0.2, -0.15) is 0 Å². The van der Waals surface area contributed by atoms with Crippen LogP contribution >= 0.6 is 11.6 Å². The number of methoxy groups -OCH3 is 1. The molecule has 3 aliphatic rings. The van der Waals surface area contributed by atoms with E-state index in [4.69, 9.17) is 16.3 Å². The van der Waals surface area contributed by atoms with Crippen LogP contribution in [-0.2, 0) is 14.3 Å². The predicted molar refractivity (Wildman–Crippen MR) is 153 cm³/mol. The average molecular weight is 560 g/mol. The van der Waals surface area contributed by atoms with Crippen molar-refractivity contribution in [2.24, 2.45) is 0 Å². The van der Waals surface area contributed by atoms with Gasteiger partial charge in [-0.1, -0.05) is 29.8 Å². The smallest absolute Gasteiger partial charge is 0.336 e. The van der Waals surface area contributed by atoms with Crippen molar-refractivity contribution in [2.45, 2.75) is 18.8 Å². The lowest BCUT2D eigenvalue weighted by atomic mass is 9.78. The highest BCUT2D eigenvalue weighted by atomic mass is 35.5. The van der Waals surface area contributed by atoms with E-state index in [1.807, 2.05) is 30.1 Å². The van der Waals surface area contributed by atoms with Crippen molar-refractivity contribution < 1.29 is 19.4 Å². The van der Waals surface area contributed by atoms with Crippen molar-refractivity contribution in [3.05, 3.63) is 57.4 Å². The van der Waals surface area contributed by atoms with E-state index in [1.165, 1.54) is 7.11 Å². The molecular weight excluding hydrogens is 518 g/mol. The van der Waals surface area contributed by atoms with Crippen molar-refractivity contribution >= 4 is 23.5 Å². The van der Waals surface area contributed by atoms with E-state index in [2.05, 4.69) is 33.7 Å². The quantitative estimate of drug-likeness (QED) is 0.459. The number of carbonyl (C=O) groups excluding carboxylic acids is 1. The summed E-state index contributed by atoms with van der Waals surface area (Å²) in [5, 5.41) is 11.0. The topological polar surface area (TPSA) is 79.8 Å². The molecule has 9 nitrogen and oxygen atoms in total. The number of esters is 1. The zero-order valence-electron chi connectivity index (χ0n) is 23.7. The molecule has 1 aromatic rings. The zero-order chi connectivity index (χ0) is 28.1. The van der Waals surface area contributed by atoms with Crippen molar-refractivity contribution in [3.63, 3.8) is 0 Å². The van der Waals surface area contributed by atoms with Gasteiger partial charge in [0.05, 0.1) is 24.2 Å². The number of aliphatic carboxylic acids is 1. The van der Waals surface area contributed by atoms with E-state index >= 15 is 0 Å². The largest absolute Gasteiger partial charge is 0.478 e. The van der Waals surface area contributed by atoms with Crippen LogP contribution in [0.4, 0.5) is 0 Å². The van der Waals surface area contributed by atoms with Crippen molar-refractivity contribution in [1.82, 2.24) is 24.5 Å². The van der Waals surface area contributed by atoms with Gasteiger partial charge in [-0.3, -0.25) is 0 Å². The molecule has 0 aromatic heterocycles. The number of piperazine rings is 2. The molecule has 2 saturated heterocycles. The summed E-state index contributed by atoms with van der Waals surface area (Å²) in [4.78, 5) is 37.7. The molecule has 2 fully saturated rings. The van der Waals surface area contributed by atoms with Crippen LogP contribution in [0.2, 0.25) is 5.02 Å². The Bertz CT molecular complexity index is 1110. The van der Waals surface area contributed by atoms with Crippen LogP contribution < -0.4 is 0 Å². The lowest BCUT2D eigenvalue weighted by Gasteiger charge is -2.40. The van der Waals surface area contributed by atoms with Crippen LogP contribution in [0.3, 0.4) is 0 Å². The second-order valence-corrected chi connectivity index (χ2v) is 11.2. The molecule has 3 heterocycles. The maximum Gasteiger partial charge on any atom is 0.336 e. The number of carboxylic acid groups (broad SMARTS) is 1. The minimum atomic E-state index is -1.04. The number of hydrogen-bond acceptors (Lipinski definition) is 8. The first-order valence-corrected chi connectivity index (χ1v) is 14.2. The van der Waals surface area contributed by atoms with Gasteiger partial charge in [0.15, 0.2) is 0 Å². The number of ether oxygens (including phenoxy) is 1. The van der Waals surface area contributed by atoms with Crippen molar-refractivity contribution in [2.75, 3.05) is 93.7 Å². The maximum atomic E-state index is 13.4. The third-order valence-electron chi connectivity index (χ3n) is 8.38. The van der Waals surface area contributed by atoms with Gasteiger partial charge in [0.1, 0.15) is 0 Å². The molecule has 4 rings (SSSR count). The second kappa shape index (κ2) is 13.3. The van der Waals surface area contributed by atoms with Gasteiger partial charge in [0.2, 0.25) is 0 Å². The summed E-state index contributed by atoms with van der Waals surface area (Å²) in [6, 6.07) is 7.22. The van der Waals surface area contributed by atoms with Crippen LogP contribution in [0.1, 0.15) is 24.3 Å². The molecule has 39 heavy (non-hydrogen) atoms. The molecule has 1 atom stereocenters. The molecule has 0 bridgehead atoms. The number of rotatable bonds is 9. The van der Waals surface area contributed by atoms with Crippen LogP contribution in [-0.4, -0.2) is 135 Å². The number of benzene rings is 1. The third-order valence-corrected chi connectivity index (χ3v) is 8.73. The van der Waals surface area contributed by atoms with Gasteiger partial charge in [0, 0.05) is 102 Å². The Morgan fingerprint density at radius 1 is 0.846 bits per heavy atom. The van der Waals surface area contributed by atoms with E-state index in [1.54, 1.807) is 6.07 Å². The number of carbonyl (C=O) groups is 2. The van der Waals surface area contributed by atoms with E-state index < -0.39 is 17.9 Å².